The van der Waals surface area contributed by atoms with E-state index in [4.69, 9.17) is 10.5 Å². The van der Waals surface area contributed by atoms with Crippen molar-refractivity contribution >= 4 is 11.8 Å². The van der Waals surface area contributed by atoms with Crippen molar-refractivity contribution in [3.63, 3.8) is 0 Å². The fourth-order valence-electron chi connectivity index (χ4n) is 1.65. The van der Waals surface area contributed by atoms with Crippen molar-refractivity contribution in [1.29, 1.82) is 0 Å². The van der Waals surface area contributed by atoms with Crippen LogP contribution in [0.4, 0.5) is 0 Å². The number of aromatic nitrogens is 1. The fraction of sp³-hybridized carbons (Fsp3) is 0.615. The zero-order chi connectivity index (χ0) is 12.5. The zero-order valence-electron chi connectivity index (χ0n) is 10.6. The van der Waals surface area contributed by atoms with E-state index in [0.717, 1.165) is 25.2 Å². The lowest BCUT2D eigenvalue weighted by Gasteiger charge is -2.22. The number of methoxy groups -OCH3 is 1. The number of ether oxygens (including phenoxy) is 1. The Morgan fingerprint density at radius 3 is 2.71 bits per heavy atom. The lowest BCUT2D eigenvalue weighted by atomic mass is 10.1. The van der Waals surface area contributed by atoms with Gasteiger partial charge in [-0.05, 0) is 36.3 Å². The van der Waals surface area contributed by atoms with Gasteiger partial charge in [0.25, 0.3) is 0 Å². The molecule has 0 aliphatic rings. The molecule has 4 heteroatoms. The minimum Gasteiger partial charge on any atom is -0.385 e. The van der Waals surface area contributed by atoms with Crippen molar-refractivity contribution in [3.8, 4) is 0 Å². The van der Waals surface area contributed by atoms with E-state index in [2.05, 4.69) is 24.0 Å². The number of hydrogen-bond acceptors (Lipinski definition) is 4. The SMILES string of the molecule is CCC(N)C(SCCCOC)c1ccncc1. The fourth-order valence-corrected chi connectivity index (χ4v) is 2.98. The molecule has 0 bridgehead atoms. The molecule has 1 heterocycles. The molecule has 0 radical (unpaired) electrons. The Kier molecular flexibility index (Phi) is 7.24. The molecule has 2 N–H and O–H groups in total. The Bertz CT molecular complexity index is 295. The molecule has 1 aromatic rings. The van der Waals surface area contributed by atoms with Gasteiger partial charge in [0.1, 0.15) is 0 Å². The molecule has 0 saturated carbocycles. The summed E-state index contributed by atoms with van der Waals surface area (Å²) in [6.45, 7) is 2.95. The predicted octanol–water partition coefficient (Wildman–Crippen LogP) is 2.63. The van der Waals surface area contributed by atoms with Crippen LogP contribution in [0.25, 0.3) is 0 Å². The van der Waals surface area contributed by atoms with E-state index in [-0.39, 0.29) is 6.04 Å². The lowest BCUT2D eigenvalue weighted by Crippen LogP contribution is -2.26. The van der Waals surface area contributed by atoms with Crippen LogP contribution in [-0.4, -0.2) is 30.5 Å². The van der Waals surface area contributed by atoms with Gasteiger partial charge in [0.2, 0.25) is 0 Å². The van der Waals surface area contributed by atoms with E-state index >= 15 is 0 Å². The Labute approximate surface area is 108 Å². The second-order valence-corrected chi connectivity index (χ2v) is 5.24. The van der Waals surface area contributed by atoms with E-state index in [9.17, 15) is 0 Å². The predicted molar refractivity (Wildman–Crippen MR) is 74.2 cm³/mol. The third-order valence-corrected chi connectivity index (χ3v) is 4.19. The van der Waals surface area contributed by atoms with E-state index in [0.29, 0.717) is 5.25 Å². The molecule has 1 rings (SSSR count). The summed E-state index contributed by atoms with van der Waals surface area (Å²) in [5.74, 6) is 1.08. The number of rotatable bonds is 8. The van der Waals surface area contributed by atoms with Crippen LogP contribution in [0.3, 0.4) is 0 Å². The summed E-state index contributed by atoms with van der Waals surface area (Å²) in [5.41, 5.74) is 7.47. The van der Waals surface area contributed by atoms with Gasteiger partial charge in [0.05, 0.1) is 0 Å². The number of pyridine rings is 1. The molecule has 96 valence electrons. The minimum atomic E-state index is 0.199. The van der Waals surface area contributed by atoms with Crippen LogP contribution in [0.1, 0.15) is 30.6 Å². The lowest BCUT2D eigenvalue weighted by molar-refractivity contribution is 0.200. The van der Waals surface area contributed by atoms with Crippen LogP contribution in [0.15, 0.2) is 24.5 Å². The van der Waals surface area contributed by atoms with Gasteiger partial charge in [-0.3, -0.25) is 4.98 Å². The molecule has 0 amide bonds. The van der Waals surface area contributed by atoms with Crippen molar-refractivity contribution in [2.75, 3.05) is 19.5 Å². The van der Waals surface area contributed by atoms with Crippen LogP contribution in [0, 0.1) is 0 Å². The van der Waals surface area contributed by atoms with Gasteiger partial charge in [-0.2, -0.15) is 11.8 Å². The van der Waals surface area contributed by atoms with Gasteiger partial charge in [-0.25, -0.2) is 0 Å². The monoisotopic (exact) mass is 254 g/mol. The quantitative estimate of drug-likeness (QED) is 0.725. The van der Waals surface area contributed by atoms with E-state index in [1.54, 1.807) is 7.11 Å². The Hall–Kier alpha value is -0.580. The summed E-state index contributed by atoms with van der Waals surface area (Å²) >= 11 is 1.91. The zero-order valence-corrected chi connectivity index (χ0v) is 11.5. The molecule has 3 nitrogen and oxygen atoms in total. The second-order valence-electron chi connectivity index (χ2n) is 3.99. The van der Waals surface area contributed by atoms with Crippen molar-refractivity contribution in [1.82, 2.24) is 4.98 Å². The number of nitrogens with zero attached hydrogens (tertiary/aromatic N) is 1. The number of thioether (sulfide) groups is 1. The topological polar surface area (TPSA) is 48.1 Å². The van der Waals surface area contributed by atoms with Crippen LogP contribution >= 0.6 is 11.8 Å². The molecule has 2 atom stereocenters. The van der Waals surface area contributed by atoms with Crippen LogP contribution in [-0.2, 0) is 4.74 Å². The highest BCUT2D eigenvalue weighted by Gasteiger charge is 2.18. The Balaban J connectivity index is 2.55. The molecule has 1 aromatic heterocycles. The summed E-state index contributed by atoms with van der Waals surface area (Å²) in [5, 5.41) is 0.361. The Morgan fingerprint density at radius 1 is 1.41 bits per heavy atom. The highest BCUT2D eigenvalue weighted by Crippen LogP contribution is 2.32. The molecule has 2 unspecified atom stereocenters. The summed E-state index contributed by atoms with van der Waals surface area (Å²) in [7, 11) is 1.74. The van der Waals surface area contributed by atoms with Gasteiger partial charge in [-0.1, -0.05) is 6.92 Å². The van der Waals surface area contributed by atoms with Crippen LogP contribution < -0.4 is 5.73 Å². The van der Waals surface area contributed by atoms with Crippen molar-refractivity contribution < 1.29 is 4.74 Å². The molecule has 0 saturated heterocycles. The van der Waals surface area contributed by atoms with Gasteiger partial charge in [0, 0.05) is 37.4 Å². The highest BCUT2D eigenvalue weighted by atomic mass is 32.2. The van der Waals surface area contributed by atoms with Crippen molar-refractivity contribution in [2.45, 2.75) is 31.1 Å². The molecule has 0 fully saturated rings. The highest BCUT2D eigenvalue weighted by molar-refractivity contribution is 7.99. The Morgan fingerprint density at radius 2 is 2.12 bits per heavy atom. The largest absolute Gasteiger partial charge is 0.385 e. The van der Waals surface area contributed by atoms with E-state index in [1.165, 1.54) is 5.56 Å². The van der Waals surface area contributed by atoms with Crippen LogP contribution in [0.5, 0.6) is 0 Å². The number of nitrogens with two attached hydrogens (primary N) is 1. The van der Waals surface area contributed by atoms with Gasteiger partial charge in [-0.15, -0.1) is 0 Å². The van der Waals surface area contributed by atoms with Crippen molar-refractivity contribution in [3.05, 3.63) is 30.1 Å². The maximum absolute atomic E-state index is 6.19. The summed E-state index contributed by atoms with van der Waals surface area (Å²) in [6.07, 6.45) is 5.73. The standard InChI is InChI=1S/C13H22N2OS/c1-3-12(14)13(17-10-4-9-16-2)11-5-7-15-8-6-11/h5-8,12-13H,3-4,9-10,14H2,1-2H3. The molecule has 0 aliphatic heterocycles. The maximum Gasteiger partial charge on any atom is 0.0470 e. The molecular formula is C13H22N2OS. The first-order valence-corrected chi connectivity index (χ1v) is 7.10. The summed E-state index contributed by atoms with van der Waals surface area (Å²) in [4.78, 5) is 4.05. The van der Waals surface area contributed by atoms with E-state index in [1.807, 2.05) is 24.2 Å². The third kappa shape index (κ3) is 5.06. The van der Waals surface area contributed by atoms with Crippen molar-refractivity contribution in [2.24, 2.45) is 5.73 Å². The molecule has 0 aromatic carbocycles. The number of hydrogen-bond donors (Lipinski definition) is 1. The van der Waals surface area contributed by atoms with Gasteiger partial charge < -0.3 is 10.5 Å². The summed E-state index contributed by atoms with van der Waals surface area (Å²) < 4.78 is 5.06. The smallest absolute Gasteiger partial charge is 0.0470 e. The maximum atomic E-state index is 6.19. The molecule has 0 aliphatic carbocycles. The third-order valence-electron chi connectivity index (χ3n) is 2.69. The molecule has 17 heavy (non-hydrogen) atoms. The van der Waals surface area contributed by atoms with Crippen LogP contribution in [0.2, 0.25) is 0 Å². The summed E-state index contributed by atoms with van der Waals surface area (Å²) in [6, 6.07) is 4.32. The normalized spacial score (nSPS) is 14.5. The first kappa shape index (κ1) is 14.5. The van der Waals surface area contributed by atoms with Gasteiger partial charge in [0.15, 0.2) is 0 Å². The second kappa shape index (κ2) is 8.50. The first-order chi connectivity index (χ1) is 8.29. The first-order valence-electron chi connectivity index (χ1n) is 6.05. The molecule has 0 spiro atoms. The van der Waals surface area contributed by atoms with E-state index < -0.39 is 0 Å². The van der Waals surface area contributed by atoms with Gasteiger partial charge >= 0.3 is 0 Å². The average Bonchev–Trinajstić information content (AvgIpc) is 2.39. The minimum absolute atomic E-state index is 0.199. The molecular weight excluding hydrogens is 232 g/mol. The average molecular weight is 254 g/mol.